The number of aromatic nitrogens is 2. The molecule has 0 bridgehead atoms. The average Bonchev–Trinajstić information content (AvgIpc) is 3.51. The number of allylic oxidation sites excluding steroid dienone is 1. The van der Waals surface area contributed by atoms with Crippen LogP contribution in [0.2, 0.25) is 0 Å². The van der Waals surface area contributed by atoms with Crippen molar-refractivity contribution in [1.82, 2.24) is 19.2 Å². The maximum atomic E-state index is 13.6. The van der Waals surface area contributed by atoms with E-state index in [0.717, 1.165) is 50.3 Å². The molecule has 1 fully saturated rings. The molecule has 2 aromatic heterocycles. The third kappa shape index (κ3) is 8.87. The fraction of sp³-hybridized carbons (Fsp3) is 0.343. The van der Waals surface area contributed by atoms with E-state index in [1.54, 1.807) is 40.9 Å². The number of imidazole rings is 1. The molecule has 13 heteroatoms. The van der Waals surface area contributed by atoms with Crippen LogP contribution in [-0.4, -0.2) is 90.9 Å². The minimum absolute atomic E-state index is 0. The second-order valence-electron chi connectivity index (χ2n) is 11.4. The van der Waals surface area contributed by atoms with Gasteiger partial charge in [0, 0.05) is 45.0 Å². The number of nitrogens with zero attached hydrogens (tertiary/aromatic N) is 5. The summed E-state index contributed by atoms with van der Waals surface area (Å²) in [5, 5.41) is 2.85. The van der Waals surface area contributed by atoms with E-state index in [2.05, 4.69) is 33.1 Å². The molecule has 0 unspecified atom stereocenters. The molecule has 4 aromatic rings. The number of hydrogen-bond donors (Lipinski definition) is 1. The summed E-state index contributed by atoms with van der Waals surface area (Å²) in [6, 6.07) is 16.1. The first-order valence-corrected chi connectivity index (χ1v) is 15.4. The number of aryl methyl sites for hydroxylation is 1. The minimum atomic E-state index is -0.387. The molecule has 0 spiro atoms. The van der Waals surface area contributed by atoms with Crippen LogP contribution in [0.3, 0.4) is 0 Å². The molecule has 0 aliphatic carbocycles. The molecule has 0 saturated carbocycles. The first-order chi connectivity index (χ1) is 22.3. The van der Waals surface area contributed by atoms with Crippen molar-refractivity contribution in [2.45, 2.75) is 26.2 Å². The number of carbonyl (C=O) groups is 2. The van der Waals surface area contributed by atoms with E-state index >= 15 is 0 Å². The summed E-state index contributed by atoms with van der Waals surface area (Å²) in [5.41, 5.74) is 4.13. The summed E-state index contributed by atoms with van der Waals surface area (Å²) < 4.78 is 13.5. The molecule has 0 atom stereocenters. The van der Waals surface area contributed by atoms with Crippen LogP contribution in [0.5, 0.6) is 11.5 Å². The monoisotopic (exact) mass is 696 g/mol. The van der Waals surface area contributed by atoms with Crippen molar-refractivity contribution in [1.29, 1.82) is 0 Å². The van der Waals surface area contributed by atoms with Gasteiger partial charge in [-0.2, -0.15) is 0 Å². The number of pyridine rings is 1. The smallest absolute Gasteiger partial charge is 0.276 e. The summed E-state index contributed by atoms with van der Waals surface area (Å²) in [4.78, 5) is 48.4. The van der Waals surface area contributed by atoms with E-state index in [1.165, 1.54) is 7.11 Å². The Kier molecular flexibility index (Phi) is 13.9. The summed E-state index contributed by atoms with van der Waals surface area (Å²) in [7, 11) is 5.27. The number of ether oxygens (including phenoxy) is 2. The molecule has 256 valence electrons. The Bertz CT molecular complexity index is 1770. The van der Waals surface area contributed by atoms with Crippen molar-refractivity contribution >= 4 is 59.5 Å². The number of amides is 2. The third-order valence-corrected chi connectivity index (χ3v) is 8.21. The molecular formula is C35H42Cl2N6O5. The van der Waals surface area contributed by atoms with E-state index in [1.807, 2.05) is 49.5 Å². The molecule has 3 heterocycles. The van der Waals surface area contributed by atoms with E-state index < -0.39 is 0 Å². The Morgan fingerprint density at radius 1 is 1.00 bits per heavy atom. The van der Waals surface area contributed by atoms with Gasteiger partial charge in [-0.1, -0.05) is 12.1 Å². The van der Waals surface area contributed by atoms with Crippen molar-refractivity contribution in [3.8, 4) is 11.5 Å². The molecular weight excluding hydrogens is 655 g/mol. The highest BCUT2D eigenvalue weighted by Crippen LogP contribution is 2.32. The number of carbonyl (C=O) groups excluding carboxylic acids is 3. The number of benzene rings is 2. The maximum Gasteiger partial charge on any atom is 0.276 e. The molecule has 2 amide bonds. The number of fused-ring (bicyclic) bond motifs is 1. The number of piperazine rings is 1. The third-order valence-electron chi connectivity index (χ3n) is 8.21. The van der Waals surface area contributed by atoms with Crippen molar-refractivity contribution in [3.05, 3.63) is 89.6 Å². The SMILES string of the molecule is COc1cc(C(=O)N(C)c2ccc(C)cc2OCCCCC(=C=O)N2CCN(C)CC2)ccc1NC(=O)c1ncn2ccccc12.Cl.Cl. The van der Waals surface area contributed by atoms with Gasteiger partial charge in [0.05, 0.1) is 36.3 Å². The van der Waals surface area contributed by atoms with E-state index in [9.17, 15) is 14.4 Å². The number of unbranched alkanes of at least 4 members (excludes halogenated alkanes) is 1. The predicted octanol–water partition coefficient (Wildman–Crippen LogP) is 5.54. The van der Waals surface area contributed by atoms with Gasteiger partial charge < -0.3 is 33.9 Å². The highest BCUT2D eigenvalue weighted by molar-refractivity contribution is 6.10. The summed E-state index contributed by atoms with van der Waals surface area (Å²) in [6.07, 6.45) is 5.61. The Labute approximate surface area is 293 Å². The Morgan fingerprint density at radius 3 is 2.50 bits per heavy atom. The van der Waals surface area contributed by atoms with Crippen LogP contribution in [0.15, 0.2) is 72.8 Å². The highest BCUT2D eigenvalue weighted by atomic mass is 35.5. The second kappa shape index (κ2) is 17.6. The lowest BCUT2D eigenvalue weighted by Crippen LogP contribution is -2.44. The van der Waals surface area contributed by atoms with Gasteiger partial charge in [0.25, 0.3) is 11.8 Å². The van der Waals surface area contributed by atoms with Gasteiger partial charge in [-0.15, -0.1) is 24.8 Å². The van der Waals surface area contributed by atoms with Crippen LogP contribution in [-0.2, 0) is 4.79 Å². The largest absolute Gasteiger partial charge is 0.495 e. The molecule has 1 aliphatic heterocycles. The standard InChI is InChI=1S/C35H40N6O5.2ClH/c1-25-11-14-29(32(21-25)46-20-8-6-9-27(23-42)40-18-16-38(2)17-19-40)39(3)35(44)26-12-13-28(31(22-26)45-4)37-34(43)33-30-10-5-7-15-41(30)24-36-33;;/h5,7,10-15,21-22,24H,6,8-9,16-20H2,1-4H3,(H,37,43);2*1H. The van der Waals surface area contributed by atoms with Gasteiger partial charge >= 0.3 is 0 Å². The summed E-state index contributed by atoms with van der Waals surface area (Å²) in [6.45, 7) is 5.98. The van der Waals surface area contributed by atoms with E-state index in [4.69, 9.17) is 9.47 Å². The van der Waals surface area contributed by atoms with Gasteiger partial charge in [-0.3, -0.25) is 9.59 Å². The summed E-state index contributed by atoms with van der Waals surface area (Å²) >= 11 is 0. The van der Waals surface area contributed by atoms with Crippen LogP contribution in [0.25, 0.3) is 5.52 Å². The number of methoxy groups -OCH3 is 1. The van der Waals surface area contributed by atoms with Gasteiger partial charge in [0.15, 0.2) is 5.69 Å². The average molecular weight is 698 g/mol. The number of halogens is 2. The summed E-state index contributed by atoms with van der Waals surface area (Å²) in [5.74, 6) is 2.44. The van der Waals surface area contributed by atoms with Crippen LogP contribution < -0.4 is 19.7 Å². The topological polar surface area (TPSA) is 109 Å². The second-order valence-corrected chi connectivity index (χ2v) is 11.4. The zero-order valence-electron chi connectivity index (χ0n) is 27.6. The molecule has 2 aromatic carbocycles. The molecule has 1 aliphatic rings. The molecule has 1 N–H and O–H groups in total. The van der Waals surface area contributed by atoms with Crippen molar-refractivity contribution in [3.63, 3.8) is 0 Å². The molecule has 11 nitrogen and oxygen atoms in total. The number of likely N-dealkylation sites (N-methyl/N-ethyl adjacent to an activating group) is 1. The fourth-order valence-electron chi connectivity index (χ4n) is 5.47. The molecule has 5 rings (SSSR count). The highest BCUT2D eigenvalue weighted by Gasteiger charge is 2.21. The number of nitrogens with one attached hydrogen (secondary N) is 1. The first-order valence-electron chi connectivity index (χ1n) is 15.4. The van der Waals surface area contributed by atoms with Crippen LogP contribution >= 0.6 is 24.8 Å². The number of anilines is 2. The Hall–Kier alpha value is -4.54. The lowest BCUT2D eigenvalue weighted by atomic mass is 10.1. The van der Waals surface area contributed by atoms with Crippen molar-refractivity contribution < 1.29 is 23.9 Å². The van der Waals surface area contributed by atoms with Gasteiger partial charge in [-0.25, -0.2) is 9.78 Å². The minimum Gasteiger partial charge on any atom is -0.495 e. The normalized spacial score (nSPS) is 12.7. The zero-order valence-corrected chi connectivity index (χ0v) is 29.2. The van der Waals surface area contributed by atoms with Gasteiger partial charge in [0.2, 0.25) is 0 Å². The van der Waals surface area contributed by atoms with Gasteiger partial charge in [-0.05, 0) is 81.3 Å². The van der Waals surface area contributed by atoms with Crippen LogP contribution in [0.4, 0.5) is 11.4 Å². The molecule has 48 heavy (non-hydrogen) atoms. The predicted molar refractivity (Wildman–Crippen MR) is 192 cm³/mol. The maximum absolute atomic E-state index is 13.6. The number of rotatable bonds is 12. The quantitative estimate of drug-likeness (QED) is 0.152. The van der Waals surface area contributed by atoms with Gasteiger partial charge in [0.1, 0.15) is 23.8 Å². The van der Waals surface area contributed by atoms with Crippen molar-refractivity contribution in [2.24, 2.45) is 0 Å². The lowest BCUT2D eigenvalue weighted by molar-refractivity contribution is 0.0990. The van der Waals surface area contributed by atoms with E-state index in [-0.39, 0.29) is 42.3 Å². The zero-order chi connectivity index (χ0) is 32.6. The van der Waals surface area contributed by atoms with E-state index in [0.29, 0.717) is 47.0 Å². The number of hydrogen-bond acceptors (Lipinski definition) is 8. The first kappa shape index (κ1) is 37.9. The molecule has 1 saturated heterocycles. The molecule has 0 radical (unpaired) electrons. The Morgan fingerprint density at radius 2 is 1.77 bits per heavy atom. The van der Waals surface area contributed by atoms with Crippen molar-refractivity contribution in [2.75, 3.05) is 64.2 Å². The fourth-order valence-corrected chi connectivity index (χ4v) is 5.47. The van der Waals surface area contributed by atoms with Crippen LogP contribution in [0.1, 0.15) is 45.7 Å². The Balaban J connectivity index is 0.00000312. The van der Waals surface area contributed by atoms with Crippen LogP contribution in [0, 0.1) is 6.92 Å². The lowest BCUT2D eigenvalue weighted by Gasteiger charge is -2.34.